The van der Waals surface area contributed by atoms with Gasteiger partial charge in [0.2, 0.25) is 0 Å². The first-order valence-corrected chi connectivity index (χ1v) is 17.0. The van der Waals surface area contributed by atoms with Gasteiger partial charge in [-0.25, -0.2) is 0 Å². The van der Waals surface area contributed by atoms with Gasteiger partial charge in [-0.2, -0.15) is 0 Å². The van der Waals surface area contributed by atoms with Crippen LogP contribution in [0, 0.1) is 0 Å². The topological polar surface area (TPSA) is 16.4 Å². The third kappa shape index (κ3) is 4.20. The van der Waals surface area contributed by atoms with Gasteiger partial charge in [-0.15, -0.1) is 0 Å². The summed E-state index contributed by atoms with van der Waals surface area (Å²) in [6.07, 6.45) is 0. The highest BCUT2D eigenvalue weighted by molar-refractivity contribution is 6.18. The van der Waals surface area contributed by atoms with Crippen LogP contribution in [-0.2, 0) is 5.41 Å². The first-order chi connectivity index (χ1) is 24.0. The molecule has 0 saturated heterocycles. The largest absolute Gasteiger partial charge is 0.455 e. The van der Waals surface area contributed by atoms with Crippen molar-refractivity contribution in [1.82, 2.24) is 0 Å². The van der Waals surface area contributed by atoms with Crippen LogP contribution in [0.25, 0.3) is 65.7 Å². The molecule has 0 radical (unpaired) electrons. The fourth-order valence-electron chi connectivity index (χ4n) is 8.19. The van der Waals surface area contributed by atoms with Gasteiger partial charge in [0, 0.05) is 38.8 Å². The van der Waals surface area contributed by atoms with Crippen LogP contribution >= 0.6 is 0 Å². The standard InChI is InChI=1S/C47H33NO/c1-47(2)42-19-11-10-18-38(42)39-24-22-36(29-43(39)47)48(34-21-20-30-12-6-7-15-32(30)26-34)35-23-25-44-40(28-35)41-27-33-16-8-9-17-37(33)45(46(41)49-44)31-13-4-3-5-14-31/h3-29H,1-2H3. The van der Waals surface area contributed by atoms with Crippen molar-refractivity contribution in [3.8, 4) is 22.3 Å². The normalized spacial score (nSPS) is 13.3. The van der Waals surface area contributed by atoms with Crippen LogP contribution in [0.5, 0.6) is 0 Å². The number of rotatable bonds is 4. The van der Waals surface area contributed by atoms with Crippen molar-refractivity contribution in [2.24, 2.45) is 0 Å². The maximum Gasteiger partial charge on any atom is 0.143 e. The summed E-state index contributed by atoms with van der Waals surface area (Å²) in [5, 5.41) is 7.07. The highest BCUT2D eigenvalue weighted by atomic mass is 16.3. The molecule has 0 aliphatic heterocycles. The van der Waals surface area contributed by atoms with Gasteiger partial charge in [0.25, 0.3) is 0 Å². The highest BCUT2D eigenvalue weighted by Gasteiger charge is 2.35. The van der Waals surface area contributed by atoms with Crippen LogP contribution in [0.4, 0.5) is 17.1 Å². The number of hydrogen-bond donors (Lipinski definition) is 0. The van der Waals surface area contributed by atoms with Crippen LogP contribution in [0.1, 0.15) is 25.0 Å². The molecule has 1 aliphatic rings. The molecule has 2 nitrogen and oxygen atoms in total. The van der Waals surface area contributed by atoms with Gasteiger partial charge in [0.15, 0.2) is 0 Å². The second-order valence-electron chi connectivity index (χ2n) is 13.8. The molecule has 2 heteroatoms. The van der Waals surface area contributed by atoms with Crippen LogP contribution in [0.3, 0.4) is 0 Å². The zero-order chi connectivity index (χ0) is 32.7. The molecule has 10 rings (SSSR count). The van der Waals surface area contributed by atoms with Gasteiger partial charge in [-0.3, -0.25) is 0 Å². The molecule has 0 fully saturated rings. The smallest absolute Gasteiger partial charge is 0.143 e. The lowest BCUT2D eigenvalue weighted by Gasteiger charge is -2.28. The van der Waals surface area contributed by atoms with Gasteiger partial charge in [0.1, 0.15) is 11.2 Å². The second-order valence-corrected chi connectivity index (χ2v) is 13.8. The SMILES string of the molecule is CC1(C)c2ccccc2-c2ccc(N(c3ccc4ccccc4c3)c3ccc4oc5c(-c6ccccc6)c6ccccc6cc5c4c3)cc21. The van der Waals surface area contributed by atoms with E-state index in [2.05, 4.69) is 183 Å². The molecule has 1 aromatic heterocycles. The molecule has 8 aromatic carbocycles. The van der Waals surface area contributed by atoms with Crippen LogP contribution in [-0.4, -0.2) is 0 Å². The number of furan rings is 1. The Hall–Kier alpha value is -6.12. The van der Waals surface area contributed by atoms with Crippen molar-refractivity contribution >= 4 is 60.5 Å². The van der Waals surface area contributed by atoms with E-state index in [0.29, 0.717) is 0 Å². The second kappa shape index (κ2) is 10.4. The van der Waals surface area contributed by atoms with Gasteiger partial charge in [0.05, 0.1) is 0 Å². The lowest BCUT2D eigenvalue weighted by atomic mass is 9.82. The maximum absolute atomic E-state index is 6.76. The van der Waals surface area contributed by atoms with E-state index in [0.717, 1.165) is 50.1 Å². The minimum atomic E-state index is -0.101. The monoisotopic (exact) mass is 627 g/mol. The molecule has 9 aromatic rings. The summed E-state index contributed by atoms with van der Waals surface area (Å²) < 4.78 is 6.76. The van der Waals surface area contributed by atoms with Crippen molar-refractivity contribution in [1.29, 1.82) is 0 Å². The Morgan fingerprint density at radius 2 is 1.10 bits per heavy atom. The first-order valence-electron chi connectivity index (χ1n) is 17.0. The third-order valence-corrected chi connectivity index (χ3v) is 10.6. The van der Waals surface area contributed by atoms with Gasteiger partial charge >= 0.3 is 0 Å². The van der Waals surface area contributed by atoms with E-state index < -0.39 is 0 Å². The summed E-state index contributed by atoms with van der Waals surface area (Å²) in [5.74, 6) is 0. The minimum Gasteiger partial charge on any atom is -0.455 e. The van der Waals surface area contributed by atoms with Gasteiger partial charge in [-0.1, -0.05) is 129 Å². The van der Waals surface area contributed by atoms with E-state index in [1.54, 1.807) is 0 Å². The van der Waals surface area contributed by atoms with E-state index >= 15 is 0 Å². The number of benzene rings is 8. The Morgan fingerprint density at radius 3 is 1.98 bits per heavy atom. The van der Waals surface area contributed by atoms with E-state index in [1.807, 2.05) is 0 Å². The fourth-order valence-corrected chi connectivity index (χ4v) is 8.19. The number of fused-ring (bicyclic) bond motifs is 8. The first kappa shape index (κ1) is 27.9. The van der Waals surface area contributed by atoms with Crippen LogP contribution < -0.4 is 4.90 Å². The Labute approximate surface area is 285 Å². The Bertz CT molecular complexity index is 2750. The molecule has 232 valence electrons. The number of nitrogens with zero attached hydrogens (tertiary/aromatic N) is 1. The molecule has 1 heterocycles. The number of anilines is 3. The van der Waals surface area contributed by atoms with Gasteiger partial charge in [-0.05, 0) is 97.9 Å². The molecule has 0 amide bonds. The van der Waals surface area contributed by atoms with Crippen molar-refractivity contribution in [2.75, 3.05) is 4.90 Å². The minimum absolute atomic E-state index is 0.101. The molecular formula is C47H33NO. The molecule has 0 N–H and O–H groups in total. The molecule has 0 bridgehead atoms. The van der Waals surface area contributed by atoms with E-state index in [-0.39, 0.29) is 5.41 Å². The average molecular weight is 628 g/mol. The maximum atomic E-state index is 6.76. The molecular weight excluding hydrogens is 595 g/mol. The lowest BCUT2D eigenvalue weighted by Crippen LogP contribution is -2.16. The quantitative estimate of drug-likeness (QED) is 0.193. The van der Waals surface area contributed by atoms with Crippen LogP contribution in [0.2, 0.25) is 0 Å². The third-order valence-electron chi connectivity index (χ3n) is 10.6. The predicted molar refractivity (Wildman–Crippen MR) is 206 cm³/mol. The molecule has 49 heavy (non-hydrogen) atoms. The van der Waals surface area contributed by atoms with E-state index in [4.69, 9.17) is 4.42 Å². The zero-order valence-electron chi connectivity index (χ0n) is 27.4. The highest BCUT2D eigenvalue weighted by Crippen LogP contribution is 2.51. The van der Waals surface area contributed by atoms with Gasteiger partial charge < -0.3 is 9.32 Å². The Kier molecular flexibility index (Phi) is 5.95. The molecule has 0 atom stereocenters. The lowest BCUT2D eigenvalue weighted by molar-refractivity contribution is 0.660. The molecule has 0 unspecified atom stereocenters. The summed E-state index contributed by atoms with van der Waals surface area (Å²) in [4.78, 5) is 2.41. The van der Waals surface area contributed by atoms with Crippen molar-refractivity contribution in [3.05, 3.63) is 175 Å². The van der Waals surface area contributed by atoms with E-state index in [1.165, 1.54) is 43.8 Å². The summed E-state index contributed by atoms with van der Waals surface area (Å²) in [6, 6.07) is 59.4. The molecule has 0 spiro atoms. The average Bonchev–Trinajstić information content (AvgIpc) is 3.62. The van der Waals surface area contributed by atoms with Crippen molar-refractivity contribution in [3.63, 3.8) is 0 Å². The Balaban J connectivity index is 1.22. The Morgan fingerprint density at radius 1 is 0.449 bits per heavy atom. The fraction of sp³-hybridized carbons (Fsp3) is 0.0638. The van der Waals surface area contributed by atoms with Crippen LogP contribution in [0.15, 0.2) is 168 Å². The summed E-state index contributed by atoms with van der Waals surface area (Å²) in [7, 11) is 0. The molecule has 1 aliphatic carbocycles. The zero-order valence-corrected chi connectivity index (χ0v) is 27.4. The van der Waals surface area contributed by atoms with Crippen molar-refractivity contribution in [2.45, 2.75) is 19.3 Å². The summed E-state index contributed by atoms with van der Waals surface area (Å²) in [5.41, 5.74) is 12.7. The number of hydrogen-bond acceptors (Lipinski definition) is 2. The summed E-state index contributed by atoms with van der Waals surface area (Å²) >= 11 is 0. The summed E-state index contributed by atoms with van der Waals surface area (Å²) in [6.45, 7) is 4.69. The predicted octanol–water partition coefficient (Wildman–Crippen LogP) is 13.3. The molecule has 0 saturated carbocycles. The van der Waals surface area contributed by atoms with Crippen molar-refractivity contribution < 1.29 is 4.42 Å². The van der Waals surface area contributed by atoms with E-state index in [9.17, 15) is 0 Å².